The minimum atomic E-state index is -0.430. The van der Waals surface area contributed by atoms with Gasteiger partial charge in [-0.05, 0) is 25.0 Å². The molecule has 2 aliphatic rings. The number of benzene rings is 1. The lowest BCUT2D eigenvalue weighted by Gasteiger charge is -2.34. The minimum absolute atomic E-state index is 0.211. The number of carbonyl (C=O) groups excluding carboxylic acids is 2. The van der Waals surface area contributed by atoms with Crippen molar-refractivity contribution < 1.29 is 14.0 Å². The van der Waals surface area contributed by atoms with E-state index in [9.17, 15) is 14.0 Å². The van der Waals surface area contributed by atoms with E-state index < -0.39 is 5.82 Å². The number of para-hydroxylation sites is 1. The fourth-order valence-electron chi connectivity index (χ4n) is 3.32. The first-order valence-electron chi connectivity index (χ1n) is 8.89. The molecule has 25 heavy (non-hydrogen) atoms. The van der Waals surface area contributed by atoms with Crippen LogP contribution in [0.3, 0.4) is 0 Å². The van der Waals surface area contributed by atoms with Crippen molar-refractivity contribution in [3.8, 4) is 0 Å². The highest BCUT2D eigenvalue weighted by Crippen LogP contribution is 2.13. The van der Waals surface area contributed by atoms with Crippen molar-refractivity contribution in [1.29, 1.82) is 0 Å². The van der Waals surface area contributed by atoms with E-state index in [0.717, 1.165) is 52.1 Å². The van der Waals surface area contributed by atoms with Gasteiger partial charge in [0, 0.05) is 39.3 Å². The van der Waals surface area contributed by atoms with Crippen LogP contribution in [0.1, 0.15) is 12.8 Å². The Morgan fingerprint density at radius 3 is 2.16 bits per heavy atom. The molecule has 136 valence electrons. The zero-order valence-electron chi connectivity index (χ0n) is 14.4. The van der Waals surface area contributed by atoms with Gasteiger partial charge in [-0.25, -0.2) is 4.39 Å². The molecule has 0 unspecified atom stereocenters. The van der Waals surface area contributed by atoms with Crippen LogP contribution in [-0.4, -0.2) is 78.9 Å². The molecule has 1 aromatic rings. The molecule has 1 N–H and O–H groups in total. The molecule has 0 radical (unpaired) electrons. The average Bonchev–Trinajstić information content (AvgIpc) is 3.13. The second kappa shape index (κ2) is 8.40. The Morgan fingerprint density at radius 1 is 0.920 bits per heavy atom. The van der Waals surface area contributed by atoms with Crippen LogP contribution in [0, 0.1) is 5.82 Å². The summed E-state index contributed by atoms with van der Waals surface area (Å²) < 4.78 is 13.6. The second-order valence-corrected chi connectivity index (χ2v) is 6.67. The summed E-state index contributed by atoms with van der Waals surface area (Å²) in [5, 5.41) is 2.61. The van der Waals surface area contributed by atoms with Crippen LogP contribution in [-0.2, 0) is 9.59 Å². The molecule has 2 amide bonds. The Labute approximate surface area is 147 Å². The summed E-state index contributed by atoms with van der Waals surface area (Å²) in [6.45, 7) is 5.48. The molecule has 0 saturated carbocycles. The number of carbonyl (C=O) groups is 2. The number of nitrogens with zero attached hydrogens (tertiary/aromatic N) is 3. The third-order valence-corrected chi connectivity index (χ3v) is 4.80. The fourth-order valence-corrected chi connectivity index (χ4v) is 3.32. The van der Waals surface area contributed by atoms with Gasteiger partial charge >= 0.3 is 0 Å². The molecule has 0 bridgehead atoms. The molecule has 2 fully saturated rings. The van der Waals surface area contributed by atoms with Gasteiger partial charge in [0.1, 0.15) is 5.82 Å². The molecule has 6 nitrogen and oxygen atoms in total. The quantitative estimate of drug-likeness (QED) is 0.863. The van der Waals surface area contributed by atoms with Crippen molar-refractivity contribution in [1.82, 2.24) is 14.7 Å². The van der Waals surface area contributed by atoms with Crippen molar-refractivity contribution in [2.75, 3.05) is 57.7 Å². The smallest absolute Gasteiger partial charge is 0.238 e. The van der Waals surface area contributed by atoms with Crippen molar-refractivity contribution in [3.05, 3.63) is 30.1 Å². The third kappa shape index (κ3) is 4.99. The van der Waals surface area contributed by atoms with Crippen LogP contribution in [0.25, 0.3) is 0 Å². The number of halogens is 1. The van der Waals surface area contributed by atoms with E-state index >= 15 is 0 Å². The summed E-state index contributed by atoms with van der Waals surface area (Å²) in [7, 11) is 0. The van der Waals surface area contributed by atoms with E-state index in [1.807, 2.05) is 9.80 Å². The number of anilines is 1. The Bertz CT molecular complexity index is 611. The van der Waals surface area contributed by atoms with Crippen LogP contribution in [0.4, 0.5) is 10.1 Å². The maximum atomic E-state index is 13.6. The summed E-state index contributed by atoms with van der Waals surface area (Å²) in [5.74, 6) is -0.434. The topological polar surface area (TPSA) is 55.9 Å². The number of hydrogen-bond donors (Lipinski definition) is 1. The SMILES string of the molecule is O=C(CN1CCN(CC(=O)N2CCCC2)CC1)Nc1ccccc1F. The Balaban J connectivity index is 1.39. The highest BCUT2D eigenvalue weighted by atomic mass is 19.1. The van der Waals surface area contributed by atoms with E-state index in [-0.39, 0.29) is 24.0 Å². The summed E-state index contributed by atoms with van der Waals surface area (Å²) in [6, 6.07) is 6.16. The van der Waals surface area contributed by atoms with Crippen LogP contribution in [0.2, 0.25) is 0 Å². The number of rotatable bonds is 5. The summed E-state index contributed by atoms with van der Waals surface area (Å²) in [5.41, 5.74) is 0.211. The molecule has 7 heteroatoms. The molecule has 1 aromatic carbocycles. The third-order valence-electron chi connectivity index (χ3n) is 4.80. The zero-order valence-corrected chi connectivity index (χ0v) is 14.4. The van der Waals surface area contributed by atoms with E-state index in [1.54, 1.807) is 18.2 Å². The normalized spacial score (nSPS) is 19.2. The lowest BCUT2D eigenvalue weighted by Crippen LogP contribution is -2.51. The lowest BCUT2D eigenvalue weighted by molar-refractivity contribution is -0.132. The van der Waals surface area contributed by atoms with Crippen LogP contribution in [0.15, 0.2) is 24.3 Å². The van der Waals surface area contributed by atoms with Crippen molar-refractivity contribution in [2.24, 2.45) is 0 Å². The van der Waals surface area contributed by atoms with Gasteiger partial charge in [-0.1, -0.05) is 12.1 Å². The first-order valence-corrected chi connectivity index (χ1v) is 8.89. The summed E-state index contributed by atoms with van der Waals surface area (Å²) >= 11 is 0. The molecule has 0 aliphatic carbocycles. The van der Waals surface area contributed by atoms with Gasteiger partial charge in [-0.3, -0.25) is 19.4 Å². The zero-order chi connectivity index (χ0) is 17.6. The second-order valence-electron chi connectivity index (χ2n) is 6.67. The highest BCUT2D eigenvalue weighted by molar-refractivity contribution is 5.92. The average molecular weight is 348 g/mol. The van der Waals surface area contributed by atoms with Gasteiger partial charge < -0.3 is 10.2 Å². The molecular weight excluding hydrogens is 323 g/mol. The maximum absolute atomic E-state index is 13.6. The fraction of sp³-hybridized carbons (Fsp3) is 0.556. The Kier molecular flexibility index (Phi) is 5.99. The first-order chi connectivity index (χ1) is 12.1. The van der Waals surface area contributed by atoms with Crippen molar-refractivity contribution >= 4 is 17.5 Å². The van der Waals surface area contributed by atoms with Gasteiger partial charge in [0.25, 0.3) is 0 Å². The minimum Gasteiger partial charge on any atom is -0.342 e. The molecule has 2 heterocycles. The van der Waals surface area contributed by atoms with Crippen molar-refractivity contribution in [2.45, 2.75) is 12.8 Å². The number of amides is 2. The predicted molar refractivity (Wildman–Crippen MR) is 93.7 cm³/mol. The standard InChI is InChI=1S/C18H25FN4O2/c19-15-5-1-2-6-16(15)20-17(24)13-21-9-11-22(12-10-21)14-18(25)23-7-3-4-8-23/h1-2,5-6H,3-4,7-14H2,(H,20,24). The van der Waals surface area contributed by atoms with Crippen LogP contribution in [0.5, 0.6) is 0 Å². The van der Waals surface area contributed by atoms with Gasteiger partial charge in [0.2, 0.25) is 11.8 Å². The summed E-state index contributed by atoms with van der Waals surface area (Å²) in [6.07, 6.45) is 2.22. The Hall–Kier alpha value is -1.99. The number of hydrogen-bond acceptors (Lipinski definition) is 4. The molecule has 0 spiro atoms. The van der Waals surface area contributed by atoms with Crippen LogP contribution >= 0.6 is 0 Å². The molecule has 0 atom stereocenters. The van der Waals surface area contributed by atoms with Crippen LogP contribution < -0.4 is 5.32 Å². The molecule has 2 saturated heterocycles. The van der Waals surface area contributed by atoms with Crippen molar-refractivity contribution in [3.63, 3.8) is 0 Å². The van der Waals surface area contributed by atoms with Gasteiger partial charge in [0.15, 0.2) is 0 Å². The molecule has 3 rings (SSSR count). The van der Waals surface area contributed by atoms with E-state index in [4.69, 9.17) is 0 Å². The summed E-state index contributed by atoms with van der Waals surface area (Å²) in [4.78, 5) is 30.4. The van der Waals surface area contributed by atoms with E-state index in [0.29, 0.717) is 6.54 Å². The number of likely N-dealkylation sites (tertiary alicyclic amines) is 1. The van der Waals surface area contributed by atoms with E-state index in [1.165, 1.54) is 6.07 Å². The molecule has 0 aromatic heterocycles. The van der Waals surface area contributed by atoms with Gasteiger partial charge in [-0.2, -0.15) is 0 Å². The number of nitrogens with one attached hydrogen (secondary N) is 1. The molecular formula is C18H25FN4O2. The maximum Gasteiger partial charge on any atom is 0.238 e. The first kappa shape index (κ1) is 17.8. The Morgan fingerprint density at radius 2 is 1.52 bits per heavy atom. The number of piperazine rings is 1. The van der Waals surface area contributed by atoms with E-state index in [2.05, 4.69) is 10.2 Å². The monoisotopic (exact) mass is 348 g/mol. The predicted octanol–water partition coefficient (Wildman–Crippen LogP) is 1.00. The van der Waals surface area contributed by atoms with Gasteiger partial charge in [-0.15, -0.1) is 0 Å². The lowest BCUT2D eigenvalue weighted by atomic mass is 10.3. The highest BCUT2D eigenvalue weighted by Gasteiger charge is 2.24. The largest absolute Gasteiger partial charge is 0.342 e. The van der Waals surface area contributed by atoms with Gasteiger partial charge in [0.05, 0.1) is 18.8 Å². The molecule has 2 aliphatic heterocycles.